The number of rotatable bonds is 2. The highest BCUT2D eigenvalue weighted by molar-refractivity contribution is 5.91. The zero-order valence-electron chi connectivity index (χ0n) is 14.6. The van der Waals surface area contributed by atoms with Crippen LogP contribution >= 0.6 is 0 Å². The summed E-state index contributed by atoms with van der Waals surface area (Å²) in [6, 6.07) is 2.63. The molecule has 3 atom stereocenters. The summed E-state index contributed by atoms with van der Waals surface area (Å²) in [7, 11) is 0. The molecule has 3 fully saturated rings. The Morgan fingerprint density at radius 1 is 1.16 bits per heavy atom. The van der Waals surface area contributed by atoms with E-state index < -0.39 is 0 Å². The van der Waals surface area contributed by atoms with Gasteiger partial charge in [0.25, 0.3) is 11.7 Å². The van der Waals surface area contributed by atoms with Crippen molar-refractivity contribution >= 4 is 11.7 Å². The fourth-order valence-corrected chi connectivity index (χ4v) is 5.05. The van der Waals surface area contributed by atoms with Crippen molar-refractivity contribution in [2.24, 2.45) is 11.8 Å². The molecule has 1 aliphatic heterocycles. The van der Waals surface area contributed by atoms with E-state index in [1.165, 1.54) is 25.7 Å². The number of aryl methyl sites for hydroxylation is 1. The Morgan fingerprint density at radius 2 is 2.00 bits per heavy atom. The maximum absolute atomic E-state index is 12.8. The molecule has 5 rings (SSSR count). The van der Waals surface area contributed by atoms with Crippen LogP contribution in [-0.4, -0.2) is 67.5 Å². The molecule has 132 valence electrons. The van der Waals surface area contributed by atoms with Gasteiger partial charge in [-0.25, -0.2) is 9.50 Å². The fraction of sp³-hybridized carbons (Fsp3) is 0.667. The van der Waals surface area contributed by atoms with Crippen molar-refractivity contribution in [2.75, 3.05) is 26.2 Å². The Morgan fingerprint density at radius 3 is 2.68 bits per heavy atom. The quantitative estimate of drug-likeness (QED) is 0.826. The number of aromatic nitrogens is 4. The standard InChI is InChI=1S/C18H24N6O/c1-12-4-5-19-18-20-16(21-24(12)18)17(25)23-8-6-22(7-9-23)15-11-13-2-3-14(15)10-13/h4-5,13-15H,2-3,6-11H2,1H3. The van der Waals surface area contributed by atoms with Crippen molar-refractivity contribution in [3.05, 3.63) is 23.8 Å². The van der Waals surface area contributed by atoms with Gasteiger partial charge in [0.15, 0.2) is 0 Å². The van der Waals surface area contributed by atoms with Gasteiger partial charge in [-0.1, -0.05) is 6.42 Å². The topological polar surface area (TPSA) is 66.6 Å². The second-order valence-electron chi connectivity index (χ2n) is 7.80. The molecule has 2 aromatic rings. The molecule has 2 bridgehead atoms. The van der Waals surface area contributed by atoms with E-state index >= 15 is 0 Å². The third-order valence-electron chi connectivity index (χ3n) is 6.39. The molecule has 2 aliphatic carbocycles. The van der Waals surface area contributed by atoms with Crippen LogP contribution < -0.4 is 0 Å². The summed E-state index contributed by atoms with van der Waals surface area (Å²) in [6.07, 6.45) is 7.35. The SMILES string of the molecule is Cc1ccnc2nc(C(=O)N3CCN(C4CC5CCC4C5)CC3)nn12. The summed E-state index contributed by atoms with van der Waals surface area (Å²) in [5, 5.41) is 4.35. The monoisotopic (exact) mass is 340 g/mol. The summed E-state index contributed by atoms with van der Waals surface area (Å²) in [6.45, 7) is 5.43. The van der Waals surface area contributed by atoms with Crippen LogP contribution in [0, 0.1) is 18.8 Å². The van der Waals surface area contributed by atoms with Gasteiger partial charge in [-0.3, -0.25) is 9.69 Å². The van der Waals surface area contributed by atoms with E-state index in [-0.39, 0.29) is 11.7 Å². The Bertz CT molecular complexity index is 809. The van der Waals surface area contributed by atoms with Crippen LogP contribution in [0.1, 0.15) is 42.0 Å². The van der Waals surface area contributed by atoms with Gasteiger partial charge in [-0.2, -0.15) is 4.98 Å². The predicted octanol–water partition coefficient (Wildman–Crippen LogP) is 1.38. The molecule has 7 heteroatoms. The maximum Gasteiger partial charge on any atom is 0.293 e. The van der Waals surface area contributed by atoms with Crippen molar-refractivity contribution in [3.63, 3.8) is 0 Å². The molecule has 3 heterocycles. The third kappa shape index (κ3) is 2.52. The number of carbonyl (C=O) groups excluding carboxylic acids is 1. The summed E-state index contributed by atoms with van der Waals surface area (Å²) in [5.41, 5.74) is 0.928. The van der Waals surface area contributed by atoms with Crippen molar-refractivity contribution in [3.8, 4) is 0 Å². The van der Waals surface area contributed by atoms with Gasteiger partial charge in [0.05, 0.1) is 0 Å². The zero-order chi connectivity index (χ0) is 17.0. The first-order valence-electron chi connectivity index (χ1n) is 9.41. The molecule has 1 saturated heterocycles. The molecular weight excluding hydrogens is 316 g/mol. The van der Waals surface area contributed by atoms with Crippen LogP contribution in [0.5, 0.6) is 0 Å². The van der Waals surface area contributed by atoms with Crippen LogP contribution in [0.25, 0.3) is 5.78 Å². The molecule has 0 N–H and O–H groups in total. The largest absolute Gasteiger partial charge is 0.333 e. The number of amides is 1. The average Bonchev–Trinajstić information content (AvgIpc) is 3.36. The molecule has 3 aliphatic rings. The highest BCUT2D eigenvalue weighted by Crippen LogP contribution is 2.46. The lowest BCUT2D eigenvalue weighted by Gasteiger charge is -2.40. The highest BCUT2D eigenvalue weighted by atomic mass is 16.2. The van der Waals surface area contributed by atoms with Gasteiger partial charge in [0, 0.05) is 44.1 Å². The zero-order valence-corrected chi connectivity index (χ0v) is 14.6. The second kappa shape index (κ2) is 5.76. The lowest BCUT2D eigenvalue weighted by Crippen LogP contribution is -2.53. The first-order valence-corrected chi connectivity index (χ1v) is 9.41. The van der Waals surface area contributed by atoms with E-state index in [0.717, 1.165) is 49.8 Å². The third-order valence-corrected chi connectivity index (χ3v) is 6.39. The molecule has 25 heavy (non-hydrogen) atoms. The van der Waals surface area contributed by atoms with Gasteiger partial charge in [-0.15, -0.1) is 5.10 Å². The molecule has 0 aromatic carbocycles. The Kier molecular flexibility index (Phi) is 3.51. The first kappa shape index (κ1) is 15.3. The van der Waals surface area contributed by atoms with E-state index in [9.17, 15) is 4.79 Å². The Hall–Kier alpha value is -2.02. The summed E-state index contributed by atoms with van der Waals surface area (Å²) >= 11 is 0. The van der Waals surface area contributed by atoms with Gasteiger partial charge < -0.3 is 4.90 Å². The van der Waals surface area contributed by atoms with Gasteiger partial charge in [0.1, 0.15) is 0 Å². The molecule has 2 saturated carbocycles. The molecule has 0 spiro atoms. The summed E-state index contributed by atoms with van der Waals surface area (Å²) in [5.74, 6) is 2.55. The molecule has 3 unspecified atom stereocenters. The van der Waals surface area contributed by atoms with Crippen molar-refractivity contribution in [1.82, 2.24) is 29.4 Å². The lowest BCUT2D eigenvalue weighted by atomic mass is 9.93. The lowest BCUT2D eigenvalue weighted by molar-refractivity contribution is 0.0486. The van der Waals surface area contributed by atoms with Gasteiger partial charge in [-0.05, 0) is 44.1 Å². The maximum atomic E-state index is 12.8. The van der Waals surface area contributed by atoms with Gasteiger partial charge >= 0.3 is 0 Å². The average molecular weight is 340 g/mol. The second-order valence-corrected chi connectivity index (χ2v) is 7.80. The van der Waals surface area contributed by atoms with Crippen LogP contribution in [0.2, 0.25) is 0 Å². The minimum Gasteiger partial charge on any atom is -0.333 e. The Labute approximate surface area is 147 Å². The van der Waals surface area contributed by atoms with E-state index in [1.54, 1.807) is 10.7 Å². The number of hydrogen-bond acceptors (Lipinski definition) is 5. The van der Waals surface area contributed by atoms with E-state index in [0.29, 0.717) is 5.78 Å². The van der Waals surface area contributed by atoms with Crippen LogP contribution in [0.3, 0.4) is 0 Å². The minimum atomic E-state index is -0.0718. The number of piperazine rings is 1. The van der Waals surface area contributed by atoms with Crippen molar-refractivity contribution < 1.29 is 4.79 Å². The number of nitrogens with zero attached hydrogens (tertiary/aromatic N) is 6. The van der Waals surface area contributed by atoms with Gasteiger partial charge in [0.2, 0.25) is 5.82 Å². The van der Waals surface area contributed by atoms with Crippen LogP contribution in [0.15, 0.2) is 12.3 Å². The molecule has 7 nitrogen and oxygen atoms in total. The fourth-order valence-electron chi connectivity index (χ4n) is 5.05. The number of carbonyl (C=O) groups is 1. The molecular formula is C18H24N6O. The predicted molar refractivity (Wildman–Crippen MR) is 92.2 cm³/mol. The molecule has 0 radical (unpaired) electrons. The highest BCUT2D eigenvalue weighted by Gasteiger charge is 2.43. The normalized spacial score (nSPS) is 29.6. The number of hydrogen-bond donors (Lipinski definition) is 0. The molecule has 2 aromatic heterocycles. The minimum absolute atomic E-state index is 0.0718. The molecule has 1 amide bonds. The van der Waals surface area contributed by atoms with Crippen molar-refractivity contribution in [1.29, 1.82) is 0 Å². The van der Waals surface area contributed by atoms with Crippen LogP contribution in [0.4, 0.5) is 0 Å². The summed E-state index contributed by atoms with van der Waals surface area (Å²) < 4.78 is 1.64. The Balaban J connectivity index is 1.27. The smallest absolute Gasteiger partial charge is 0.293 e. The number of fused-ring (bicyclic) bond motifs is 3. The first-order chi connectivity index (χ1) is 12.2. The summed E-state index contributed by atoms with van der Waals surface area (Å²) in [4.78, 5) is 25.8. The van der Waals surface area contributed by atoms with Crippen molar-refractivity contribution in [2.45, 2.75) is 38.6 Å². The van der Waals surface area contributed by atoms with E-state index in [1.807, 2.05) is 17.9 Å². The van der Waals surface area contributed by atoms with E-state index in [4.69, 9.17) is 0 Å². The van der Waals surface area contributed by atoms with E-state index in [2.05, 4.69) is 20.0 Å². The van der Waals surface area contributed by atoms with Crippen LogP contribution in [-0.2, 0) is 0 Å².